The molecule has 5 rings (SSSR count). The fraction of sp³-hybridized carbons (Fsp3) is 0.333. The summed E-state index contributed by atoms with van der Waals surface area (Å²) in [7, 11) is -1.66. The summed E-state index contributed by atoms with van der Waals surface area (Å²) in [5, 5.41) is 15.7. The predicted octanol–water partition coefficient (Wildman–Crippen LogP) is 3.18. The number of nitriles is 1. The number of ether oxygens (including phenoxy) is 1. The average molecular weight is 482 g/mol. The third kappa shape index (κ3) is 3.81. The number of hydrogen-bond acceptors (Lipinski definition) is 6. The molecule has 2 aromatic carbocycles. The number of hydrogen-bond donors (Lipinski definition) is 1. The molecule has 0 amide bonds. The van der Waals surface area contributed by atoms with E-state index < -0.39 is 15.5 Å². The monoisotopic (exact) mass is 481 g/mol. The molecule has 1 fully saturated rings. The summed E-state index contributed by atoms with van der Waals surface area (Å²) < 4.78 is 47.3. The second kappa shape index (κ2) is 7.82. The third-order valence-corrected chi connectivity index (χ3v) is 7.38. The van der Waals surface area contributed by atoms with Gasteiger partial charge in [-0.05, 0) is 43.8 Å². The van der Waals surface area contributed by atoms with Gasteiger partial charge in [0.2, 0.25) is 0 Å². The number of fused-ring (bicyclic) bond motifs is 2. The second-order valence-corrected chi connectivity index (χ2v) is 11.1. The van der Waals surface area contributed by atoms with Crippen LogP contribution in [0.4, 0.5) is 4.39 Å². The fourth-order valence-electron chi connectivity index (χ4n) is 4.73. The maximum absolute atomic E-state index is 14.7. The van der Waals surface area contributed by atoms with E-state index in [0.29, 0.717) is 16.5 Å². The van der Waals surface area contributed by atoms with Crippen LogP contribution in [0.3, 0.4) is 0 Å². The molecular weight excluding hydrogens is 457 g/mol. The topological polar surface area (TPSA) is 104 Å². The molecule has 1 aliphatic rings. The zero-order chi connectivity index (χ0) is 24.3. The summed E-state index contributed by atoms with van der Waals surface area (Å²) in [6, 6.07) is 9.00. The molecule has 1 saturated heterocycles. The Labute approximate surface area is 196 Å². The van der Waals surface area contributed by atoms with Gasteiger partial charge in [0, 0.05) is 53.6 Å². The van der Waals surface area contributed by atoms with Crippen LogP contribution in [-0.2, 0) is 16.4 Å². The molecule has 4 aromatic rings. The number of likely N-dealkylation sites (tertiary alicyclic amines) is 1. The van der Waals surface area contributed by atoms with Crippen molar-refractivity contribution in [1.82, 2.24) is 19.7 Å². The molecule has 0 saturated carbocycles. The molecule has 8 nitrogen and oxygen atoms in total. The van der Waals surface area contributed by atoms with Crippen molar-refractivity contribution in [3.8, 4) is 11.8 Å². The Morgan fingerprint density at radius 2 is 2.09 bits per heavy atom. The highest BCUT2D eigenvalue weighted by molar-refractivity contribution is 7.90. The maximum Gasteiger partial charge on any atom is 0.175 e. The van der Waals surface area contributed by atoms with E-state index in [1.807, 2.05) is 24.9 Å². The van der Waals surface area contributed by atoms with E-state index in [2.05, 4.69) is 16.2 Å². The summed E-state index contributed by atoms with van der Waals surface area (Å²) in [4.78, 5) is 5.27. The van der Waals surface area contributed by atoms with Crippen LogP contribution in [0.2, 0.25) is 0 Å². The number of sulfone groups is 1. The van der Waals surface area contributed by atoms with Gasteiger partial charge in [0.05, 0.1) is 17.0 Å². The highest BCUT2D eigenvalue weighted by atomic mass is 32.2. The van der Waals surface area contributed by atoms with Crippen LogP contribution in [0, 0.1) is 18.3 Å². The van der Waals surface area contributed by atoms with Gasteiger partial charge < -0.3 is 9.72 Å². The van der Waals surface area contributed by atoms with Gasteiger partial charge in [-0.15, -0.1) is 0 Å². The van der Waals surface area contributed by atoms with E-state index in [-0.39, 0.29) is 42.4 Å². The SMILES string of the molecule is Cc1cc(S(C)(=O)=O)c(Cn2cc3ccc(C#N)c(OCC4(F)CN(C)C4)c3n2)c2cc[nH]c12. The standard InChI is InChI=1S/C24H24FN5O3S/c1-15-8-20(34(3,31)32)19(18-6-7-27-21(15)18)11-30-10-17-5-4-16(9-26)23(22(17)28-30)33-14-24(25)12-29(2)13-24/h4-8,10,27H,11-14H2,1-3H3. The molecule has 10 heteroatoms. The van der Waals surface area contributed by atoms with Crippen LogP contribution in [-0.4, -0.2) is 66.8 Å². The molecule has 0 radical (unpaired) electrons. The van der Waals surface area contributed by atoms with Crippen LogP contribution in [0.15, 0.2) is 41.6 Å². The van der Waals surface area contributed by atoms with E-state index in [9.17, 15) is 18.1 Å². The number of halogens is 1. The van der Waals surface area contributed by atoms with Gasteiger partial charge in [-0.1, -0.05) is 0 Å². The van der Waals surface area contributed by atoms with Crippen molar-refractivity contribution in [2.75, 3.05) is 33.0 Å². The summed E-state index contributed by atoms with van der Waals surface area (Å²) in [5.74, 6) is 0.240. The number of aromatic nitrogens is 3. The average Bonchev–Trinajstić information content (AvgIpc) is 3.39. The highest BCUT2D eigenvalue weighted by Crippen LogP contribution is 2.33. The smallest absolute Gasteiger partial charge is 0.175 e. The number of aryl methyl sites for hydroxylation is 1. The molecule has 2 aromatic heterocycles. The van der Waals surface area contributed by atoms with Crippen LogP contribution >= 0.6 is 0 Å². The Kier molecular flexibility index (Phi) is 5.15. The number of H-pyrrole nitrogens is 1. The van der Waals surface area contributed by atoms with Gasteiger partial charge in [-0.3, -0.25) is 9.58 Å². The summed E-state index contributed by atoms with van der Waals surface area (Å²) in [6.45, 7) is 2.44. The molecule has 1 N–H and O–H groups in total. The van der Waals surface area contributed by atoms with Gasteiger partial charge in [-0.2, -0.15) is 10.4 Å². The Morgan fingerprint density at radius 1 is 1.32 bits per heavy atom. The van der Waals surface area contributed by atoms with Gasteiger partial charge in [0.1, 0.15) is 18.2 Å². The van der Waals surface area contributed by atoms with Crippen molar-refractivity contribution in [3.63, 3.8) is 0 Å². The first-order valence-corrected chi connectivity index (χ1v) is 12.7. The molecule has 0 bridgehead atoms. The number of rotatable bonds is 6. The molecule has 3 heterocycles. The minimum absolute atomic E-state index is 0.168. The first kappa shape index (κ1) is 22.4. The number of benzene rings is 2. The highest BCUT2D eigenvalue weighted by Gasteiger charge is 2.42. The number of nitrogens with zero attached hydrogens (tertiary/aromatic N) is 4. The van der Waals surface area contributed by atoms with Crippen molar-refractivity contribution in [2.24, 2.45) is 0 Å². The molecule has 34 heavy (non-hydrogen) atoms. The minimum atomic E-state index is -3.49. The van der Waals surface area contributed by atoms with E-state index in [4.69, 9.17) is 4.74 Å². The maximum atomic E-state index is 14.7. The fourth-order valence-corrected chi connectivity index (χ4v) is 5.75. The van der Waals surface area contributed by atoms with Gasteiger partial charge in [-0.25, -0.2) is 12.8 Å². The first-order valence-electron chi connectivity index (χ1n) is 10.8. The largest absolute Gasteiger partial charge is 0.486 e. The lowest BCUT2D eigenvalue weighted by molar-refractivity contribution is -0.0463. The minimum Gasteiger partial charge on any atom is -0.486 e. The van der Waals surface area contributed by atoms with Crippen molar-refractivity contribution in [1.29, 1.82) is 5.26 Å². The Bertz CT molecular complexity index is 1580. The summed E-state index contributed by atoms with van der Waals surface area (Å²) >= 11 is 0. The zero-order valence-corrected chi connectivity index (χ0v) is 19.9. The Hall–Kier alpha value is -3.42. The quantitative estimate of drug-likeness (QED) is 0.454. The number of alkyl halides is 1. The Balaban J connectivity index is 1.57. The Morgan fingerprint density at radius 3 is 2.76 bits per heavy atom. The molecule has 0 unspecified atom stereocenters. The lowest BCUT2D eigenvalue weighted by Crippen LogP contribution is -2.60. The second-order valence-electron chi connectivity index (χ2n) is 9.14. The molecular formula is C24H24FN5O3S. The van der Waals surface area contributed by atoms with Gasteiger partial charge in [0.25, 0.3) is 0 Å². The number of aromatic amines is 1. The lowest BCUT2D eigenvalue weighted by Gasteiger charge is -2.41. The predicted molar refractivity (Wildman–Crippen MR) is 127 cm³/mol. The molecule has 0 aliphatic carbocycles. The number of nitrogens with one attached hydrogen (secondary N) is 1. The van der Waals surface area contributed by atoms with E-state index in [0.717, 1.165) is 16.5 Å². The van der Waals surface area contributed by atoms with Gasteiger partial charge in [0.15, 0.2) is 21.3 Å². The van der Waals surface area contributed by atoms with Crippen LogP contribution in [0.1, 0.15) is 16.7 Å². The van der Waals surface area contributed by atoms with Gasteiger partial charge >= 0.3 is 0 Å². The third-order valence-electron chi connectivity index (χ3n) is 6.21. The molecule has 0 atom stereocenters. The first-order chi connectivity index (χ1) is 16.1. The van der Waals surface area contributed by atoms with Crippen molar-refractivity contribution in [3.05, 3.63) is 53.3 Å². The molecule has 1 aliphatic heterocycles. The van der Waals surface area contributed by atoms with Crippen molar-refractivity contribution < 1.29 is 17.5 Å². The van der Waals surface area contributed by atoms with Crippen LogP contribution in [0.5, 0.6) is 5.75 Å². The van der Waals surface area contributed by atoms with E-state index >= 15 is 0 Å². The van der Waals surface area contributed by atoms with Crippen LogP contribution < -0.4 is 4.74 Å². The van der Waals surface area contributed by atoms with E-state index in [1.54, 1.807) is 35.3 Å². The molecule has 176 valence electrons. The normalized spacial score (nSPS) is 16.0. The van der Waals surface area contributed by atoms with Crippen molar-refractivity contribution >= 4 is 31.6 Å². The van der Waals surface area contributed by atoms with E-state index in [1.165, 1.54) is 6.26 Å². The van der Waals surface area contributed by atoms with Crippen LogP contribution in [0.25, 0.3) is 21.8 Å². The summed E-state index contributed by atoms with van der Waals surface area (Å²) in [6.07, 6.45) is 4.75. The summed E-state index contributed by atoms with van der Waals surface area (Å²) in [5.41, 5.74) is 1.58. The molecule has 0 spiro atoms. The van der Waals surface area contributed by atoms with Crippen molar-refractivity contribution in [2.45, 2.75) is 24.0 Å². The lowest BCUT2D eigenvalue weighted by atomic mass is 9.98. The zero-order valence-electron chi connectivity index (χ0n) is 19.1.